The number of ether oxygens (including phenoxy) is 2. The van der Waals surface area contributed by atoms with Crippen LogP contribution in [0, 0.1) is 0 Å². The molecule has 0 radical (unpaired) electrons. The van der Waals surface area contributed by atoms with Gasteiger partial charge in [-0.25, -0.2) is 9.59 Å². The first-order valence-electron chi connectivity index (χ1n) is 7.05. The molecule has 1 aromatic heterocycles. The second kappa shape index (κ2) is 6.93. The first kappa shape index (κ1) is 15.8. The highest BCUT2D eigenvalue weighted by molar-refractivity contribution is 5.90. The van der Waals surface area contributed by atoms with E-state index in [0.717, 1.165) is 5.56 Å². The van der Waals surface area contributed by atoms with E-state index in [1.54, 1.807) is 12.1 Å². The molecular formula is C17H19NO4. The van der Waals surface area contributed by atoms with Crippen molar-refractivity contribution in [1.29, 1.82) is 0 Å². The van der Waals surface area contributed by atoms with E-state index in [0.29, 0.717) is 5.69 Å². The Morgan fingerprint density at radius 3 is 2.36 bits per heavy atom. The van der Waals surface area contributed by atoms with Crippen LogP contribution < -0.4 is 0 Å². The quantitative estimate of drug-likeness (QED) is 0.797. The Balaban J connectivity index is 2.19. The molecule has 1 heterocycles. The van der Waals surface area contributed by atoms with E-state index >= 15 is 0 Å². The summed E-state index contributed by atoms with van der Waals surface area (Å²) in [5, 5.41) is 0. The van der Waals surface area contributed by atoms with Crippen LogP contribution in [-0.2, 0) is 14.3 Å². The third-order valence-electron chi connectivity index (χ3n) is 3.50. The van der Waals surface area contributed by atoms with E-state index < -0.39 is 18.0 Å². The molecule has 1 aromatic carbocycles. The third kappa shape index (κ3) is 3.36. The van der Waals surface area contributed by atoms with Crippen molar-refractivity contribution in [3.05, 3.63) is 59.9 Å². The molecule has 2 rings (SSSR count). The van der Waals surface area contributed by atoms with Gasteiger partial charge in [-0.3, -0.25) is 0 Å². The molecule has 0 unspecified atom stereocenters. The average molecular weight is 301 g/mol. The predicted octanol–water partition coefficient (Wildman–Crippen LogP) is 2.82. The van der Waals surface area contributed by atoms with Crippen molar-refractivity contribution in [2.24, 2.45) is 0 Å². The Morgan fingerprint density at radius 1 is 1.05 bits per heavy atom. The van der Waals surface area contributed by atoms with Gasteiger partial charge in [-0.05, 0) is 31.5 Å². The van der Waals surface area contributed by atoms with Crippen LogP contribution in [0.25, 0.3) is 0 Å². The summed E-state index contributed by atoms with van der Waals surface area (Å²) in [6.07, 6.45) is 0.879. The minimum atomic E-state index is -0.937. The fraction of sp³-hybridized carbons (Fsp3) is 0.294. The van der Waals surface area contributed by atoms with Crippen LogP contribution in [-0.4, -0.2) is 29.7 Å². The molecule has 2 aromatic rings. The highest BCUT2D eigenvalue weighted by atomic mass is 16.6. The molecule has 0 bridgehead atoms. The van der Waals surface area contributed by atoms with Crippen molar-refractivity contribution in [2.75, 3.05) is 7.11 Å². The molecule has 5 nitrogen and oxygen atoms in total. The lowest BCUT2D eigenvalue weighted by molar-refractivity contribution is -0.149. The lowest BCUT2D eigenvalue weighted by atomic mass is 10.1. The topological polar surface area (TPSA) is 57.5 Å². The molecule has 0 amide bonds. The summed E-state index contributed by atoms with van der Waals surface area (Å²) in [6, 6.07) is 13.3. The number of aromatic nitrogens is 1. The number of hydrogen-bond acceptors (Lipinski definition) is 4. The number of esters is 2. The normalized spacial score (nSPS) is 13.2. The van der Waals surface area contributed by atoms with Gasteiger partial charge in [0, 0.05) is 6.20 Å². The zero-order valence-corrected chi connectivity index (χ0v) is 12.9. The Kier molecular flexibility index (Phi) is 4.99. The van der Waals surface area contributed by atoms with Gasteiger partial charge in [0.25, 0.3) is 0 Å². The SMILES string of the molecule is COC(=O)[C@@H](C)OC(=O)c1cccn1[C@H](C)c1ccccc1. The minimum absolute atomic E-state index is 0.0211. The summed E-state index contributed by atoms with van der Waals surface area (Å²) in [5.41, 5.74) is 1.47. The smallest absolute Gasteiger partial charge is 0.355 e. The van der Waals surface area contributed by atoms with Gasteiger partial charge in [-0.2, -0.15) is 0 Å². The van der Waals surface area contributed by atoms with Crippen molar-refractivity contribution in [2.45, 2.75) is 26.0 Å². The third-order valence-corrected chi connectivity index (χ3v) is 3.50. The van der Waals surface area contributed by atoms with Crippen molar-refractivity contribution in [1.82, 2.24) is 4.57 Å². The van der Waals surface area contributed by atoms with Gasteiger partial charge in [-0.1, -0.05) is 30.3 Å². The standard InChI is InChI=1S/C17H19NO4/c1-12(14-8-5-4-6-9-14)18-11-7-10-15(18)17(20)22-13(2)16(19)21-3/h4-13H,1-3H3/t12-,13-/m1/s1. The monoisotopic (exact) mass is 301 g/mol. The highest BCUT2D eigenvalue weighted by Gasteiger charge is 2.22. The minimum Gasteiger partial charge on any atom is -0.466 e. The van der Waals surface area contributed by atoms with Crippen molar-refractivity contribution in [3.63, 3.8) is 0 Å². The highest BCUT2D eigenvalue weighted by Crippen LogP contribution is 2.21. The zero-order chi connectivity index (χ0) is 16.1. The number of methoxy groups -OCH3 is 1. The van der Waals surface area contributed by atoms with Crippen molar-refractivity contribution in [3.8, 4) is 0 Å². The number of rotatable bonds is 5. The number of benzene rings is 1. The molecule has 0 spiro atoms. The molecule has 0 aliphatic carbocycles. The van der Waals surface area contributed by atoms with E-state index in [2.05, 4.69) is 4.74 Å². The van der Waals surface area contributed by atoms with E-state index in [1.165, 1.54) is 14.0 Å². The molecular weight excluding hydrogens is 282 g/mol. The van der Waals surface area contributed by atoms with E-state index in [-0.39, 0.29) is 6.04 Å². The second-order valence-corrected chi connectivity index (χ2v) is 4.96. The average Bonchev–Trinajstić information content (AvgIpc) is 3.03. The molecule has 0 aliphatic rings. The van der Waals surface area contributed by atoms with Gasteiger partial charge in [0.1, 0.15) is 5.69 Å². The molecule has 2 atom stereocenters. The maximum atomic E-state index is 12.2. The summed E-state index contributed by atoms with van der Waals surface area (Å²) >= 11 is 0. The largest absolute Gasteiger partial charge is 0.466 e. The van der Waals surface area contributed by atoms with E-state index in [9.17, 15) is 9.59 Å². The van der Waals surface area contributed by atoms with Gasteiger partial charge in [0.05, 0.1) is 13.2 Å². The summed E-state index contributed by atoms with van der Waals surface area (Å²) in [5.74, 6) is -1.13. The first-order valence-corrected chi connectivity index (χ1v) is 7.05. The summed E-state index contributed by atoms with van der Waals surface area (Å²) in [6.45, 7) is 3.48. The molecule has 116 valence electrons. The maximum Gasteiger partial charge on any atom is 0.355 e. The van der Waals surface area contributed by atoms with Gasteiger partial charge < -0.3 is 14.0 Å². The Morgan fingerprint density at radius 2 is 1.73 bits per heavy atom. The predicted molar refractivity (Wildman–Crippen MR) is 81.6 cm³/mol. The van der Waals surface area contributed by atoms with Gasteiger partial charge in [-0.15, -0.1) is 0 Å². The summed E-state index contributed by atoms with van der Waals surface area (Å²) < 4.78 is 11.5. The van der Waals surface area contributed by atoms with Crippen molar-refractivity contribution < 1.29 is 19.1 Å². The van der Waals surface area contributed by atoms with Crippen LogP contribution in [0.3, 0.4) is 0 Å². The summed E-state index contributed by atoms with van der Waals surface area (Å²) in [4.78, 5) is 23.6. The van der Waals surface area contributed by atoms with Crippen molar-refractivity contribution >= 4 is 11.9 Å². The van der Waals surface area contributed by atoms with Gasteiger partial charge >= 0.3 is 11.9 Å². The Labute approximate surface area is 129 Å². The molecule has 0 N–H and O–H groups in total. The van der Waals surface area contributed by atoms with Gasteiger partial charge in [0.2, 0.25) is 0 Å². The zero-order valence-electron chi connectivity index (χ0n) is 12.9. The fourth-order valence-corrected chi connectivity index (χ4v) is 2.23. The fourth-order valence-electron chi connectivity index (χ4n) is 2.23. The first-order chi connectivity index (χ1) is 10.5. The molecule has 0 saturated carbocycles. The Bertz CT molecular complexity index is 648. The number of carbonyl (C=O) groups is 2. The van der Waals surface area contributed by atoms with Crippen LogP contribution >= 0.6 is 0 Å². The number of hydrogen-bond donors (Lipinski definition) is 0. The second-order valence-electron chi connectivity index (χ2n) is 4.96. The van der Waals surface area contributed by atoms with Crippen LogP contribution in [0.5, 0.6) is 0 Å². The lowest BCUT2D eigenvalue weighted by Gasteiger charge is -2.18. The summed E-state index contributed by atoms with van der Waals surface area (Å²) in [7, 11) is 1.26. The van der Waals surface area contributed by atoms with Crippen LogP contribution in [0.15, 0.2) is 48.7 Å². The Hall–Kier alpha value is -2.56. The molecule has 0 fully saturated rings. The van der Waals surface area contributed by atoms with E-state index in [4.69, 9.17) is 4.74 Å². The number of carbonyl (C=O) groups excluding carboxylic acids is 2. The lowest BCUT2D eigenvalue weighted by Crippen LogP contribution is -2.26. The van der Waals surface area contributed by atoms with Crippen LogP contribution in [0.1, 0.15) is 35.9 Å². The van der Waals surface area contributed by atoms with E-state index in [1.807, 2.05) is 48.0 Å². The number of nitrogens with zero attached hydrogens (tertiary/aromatic N) is 1. The molecule has 5 heteroatoms. The molecule has 0 saturated heterocycles. The molecule has 22 heavy (non-hydrogen) atoms. The maximum absolute atomic E-state index is 12.2. The molecule has 0 aliphatic heterocycles. The van der Waals surface area contributed by atoms with Gasteiger partial charge in [0.15, 0.2) is 6.10 Å². The van der Waals surface area contributed by atoms with Crippen LogP contribution in [0.4, 0.5) is 0 Å². The van der Waals surface area contributed by atoms with Crippen LogP contribution in [0.2, 0.25) is 0 Å².